The third kappa shape index (κ3) is 4.36. The van der Waals surface area contributed by atoms with E-state index in [1.165, 1.54) is 15.9 Å². The number of nitrogens with zero attached hydrogens (tertiary/aromatic N) is 2. The highest BCUT2D eigenvalue weighted by atomic mass is 35.5. The number of ether oxygens (including phenoxy) is 1. The third-order valence-corrected chi connectivity index (χ3v) is 6.12. The minimum absolute atomic E-state index is 0.00444. The second kappa shape index (κ2) is 8.92. The van der Waals surface area contributed by atoms with Crippen LogP contribution < -0.4 is 14.5 Å². The maximum atomic E-state index is 12.7. The molecule has 0 saturated carbocycles. The number of halogens is 2. The van der Waals surface area contributed by atoms with E-state index in [9.17, 15) is 19.2 Å². The van der Waals surface area contributed by atoms with Gasteiger partial charge in [-0.1, -0.05) is 23.2 Å². The van der Waals surface area contributed by atoms with Gasteiger partial charge in [0.2, 0.25) is 17.7 Å². The predicted octanol–water partition coefficient (Wildman–Crippen LogP) is 4.30. The van der Waals surface area contributed by atoms with Gasteiger partial charge < -0.3 is 9.64 Å². The van der Waals surface area contributed by atoms with E-state index >= 15 is 0 Å². The first kappa shape index (κ1) is 22.3. The number of carbonyl (C=O) groups excluding carboxylic acids is 4. The van der Waals surface area contributed by atoms with Crippen molar-refractivity contribution in [3.63, 3.8) is 0 Å². The molecule has 0 unspecified atom stereocenters. The van der Waals surface area contributed by atoms with Gasteiger partial charge in [-0.25, -0.2) is 0 Å². The number of rotatable bonds is 4. The van der Waals surface area contributed by atoms with Crippen molar-refractivity contribution in [2.45, 2.75) is 32.6 Å². The minimum Gasteiger partial charge on any atom is -0.426 e. The molecule has 2 heterocycles. The average molecular weight is 475 g/mol. The largest absolute Gasteiger partial charge is 0.426 e. The van der Waals surface area contributed by atoms with Gasteiger partial charge in [0.15, 0.2) is 0 Å². The van der Waals surface area contributed by atoms with Gasteiger partial charge in [-0.05, 0) is 55.3 Å². The molecule has 2 saturated heterocycles. The Morgan fingerprint density at radius 3 is 2.38 bits per heavy atom. The SMILES string of the molecule is Cc1cc(OC(=O)[C@H]2CC(=O)N(c3cc(Cl)ccc3Cl)C2)ccc1N1C(=O)CCCC1=O. The molecule has 0 aromatic heterocycles. The molecule has 0 N–H and O–H groups in total. The summed E-state index contributed by atoms with van der Waals surface area (Å²) in [5, 5.41) is 0.800. The maximum absolute atomic E-state index is 12.7. The van der Waals surface area contributed by atoms with E-state index in [0.29, 0.717) is 46.2 Å². The molecule has 0 radical (unpaired) electrons. The van der Waals surface area contributed by atoms with Gasteiger partial charge in [0.05, 0.1) is 22.3 Å². The van der Waals surface area contributed by atoms with E-state index in [0.717, 1.165) is 0 Å². The van der Waals surface area contributed by atoms with Crippen molar-refractivity contribution in [1.82, 2.24) is 0 Å². The number of carbonyl (C=O) groups is 4. The molecule has 9 heteroatoms. The van der Waals surface area contributed by atoms with Crippen molar-refractivity contribution in [2.75, 3.05) is 16.3 Å². The molecule has 0 aliphatic carbocycles. The van der Waals surface area contributed by atoms with Crippen LogP contribution in [0.1, 0.15) is 31.2 Å². The van der Waals surface area contributed by atoms with Crippen LogP contribution >= 0.6 is 23.2 Å². The Kier molecular flexibility index (Phi) is 6.22. The van der Waals surface area contributed by atoms with Crippen molar-refractivity contribution >= 4 is 58.3 Å². The molecule has 1 atom stereocenters. The summed E-state index contributed by atoms with van der Waals surface area (Å²) in [5.41, 5.74) is 1.57. The van der Waals surface area contributed by atoms with Crippen LogP contribution in [0, 0.1) is 12.8 Å². The van der Waals surface area contributed by atoms with Crippen molar-refractivity contribution < 1.29 is 23.9 Å². The van der Waals surface area contributed by atoms with E-state index in [-0.39, 0.29) is 36.4 Å². The number of benzene rings is 2. The maximum Gasteiger partial charge on any atom is 0.316 e. The Labute approximate surface area is 194 Å². The monoisotopic (exact) mass is 474 g/mol. The van der Waals surface area contributed by atoms with Crippen LogP contribution in [0.5, 0.6) is 5.75 Å². The summed E-state index contributed by atoms with van der Waals surface area (Å²) in [6.07, 6.45) is 1.20. The lowest BCUT2D eigenvalue weighted by Crippen LogP contribution is -2.40. The number of aryl methyl sites for hydroxylation is 1. The Hall–Kier alpha value is -2.90. The average Bonchev–Trinajstić information content (AvgIpc) is 3.13. The second-order valence-corrected chi connectivity index (χ2v) is 8.69. The minimum atomic E-state index is -0.664. The van der Waals surface area contributed by atoms with Crippen LogP contribution in [-0.4, -0.2) is 30.2 Å². The molecule has 2 aliphatic rings. The van der Waals surface area contributed by atoms with Crippen molar-refractivity contribution in [3.8, 4) is 5.75 Å². The van der Waals surface area contributed by atoms with Crippen LogP contribution in [0.25, 0.3) is 0 Å². The van der Waals surface area contributed by atoms with Gasteiger partial charge in [0.1, 0.15) is 5.75 Å². The fourth-order valence-electron chi connectivity index (χ4n) is 3.96. The standard InChI is InChI=1S/C23H20Cl2N2O5/c1-13-9-16(6-8-18(13)27-20(28)3-2-4-21(27)29)32-23(31)14-10-22(30)26(12-14)19-11-15(24)5-7-17(19)25/h5-9,11,14H,2-4,10,12H2,1H3/t14-/m0/s1. The van der Waals surface area contributed by atoms with Crippen LogP contribution in [-0.2, 0) is 19.2 Å². The van der Waals surface area contributed by atoms with Crippen molar-refractivity contribution in [1.29, 1.82) is 0 Å². The van der Waals surface area contributed by atoms with E-state index in [1.807, 2.05) is 0 Å². The van der Waals surface area contributed by atoms with E-state index in [2.05, 4.69) is 0 Å². The van der Waals surface area contributed by atoms with Crippen LogP contribution in [0.4, 0.5) is 11.4 Å². The number of anilines is 2. The molecule has 3 amide bonds. The zero-order valence-electron chi connectivity index (χ0n) is 17.3. The zero-order chi connectivity index (χ0) is 23.0. The molecule has 2 aliphatic heterocycles. The van der Waals surface area contributed by atoms with Gasteiger partial charge >= 0.3 is 5.97 Å². The molecule has 0 spiro atoms. The summed E-state index contributed by atoms with van der Waals surface area (Å²) in [6, 6.07) is 9.54. The molecular weight excluding hydrogens is 455 g/mol. The molecular formula is C23H20Cl2N2O5. The van der Waals surface area contributed by atoms with Crippen molar-refractivity contribution in [3.05, 3.63) is 52.0 Å². The highest BCUT2D eigenvalue weighted by Crippen LogP contribution is 2.34. The summed E-state index contributed by atoms with van der Waals surface area (Å²) >= 11 is 12.2. The fourth-order valence-corrected chi connectivity index (χ4v) is 4.34. The normalized spacial score (nSPS) is 19.0. The van der Waals surface area contributed by atoms with Crippen LogP contribution in [0.3, 0.4) is 0 Å². The zero-order valence-corrected chi connectivity index (χ0v) is 18.8. The summed E-state index contributed by atoms with van der Waals surface area (Å²) in [4.78, 5) is 52.2. The second-order valence-electron chi connectivity index (χ2n) is 7.85. The van der Waals surface area contributed by atoms with Gasteiger partial charge in [-0.2, -0.15) is 0 Å². The lowest BCUT2D eigenvalue weighted by atomic mass is 10.1. The summed E-state index contributed by atoms with van der Waals surface area (Å²) < 4.78 is 5.50. The summed E-state index contributed by atoms with van der Waals surface area (Å²) in [5.74, 6) is -1.65. The number of hydrogen-bond acceptors (Lipinski definition) is 5. The molecule has 7 nitrogen and oxygen atoms in total. The number of esters is 1. The van der Waals surface area contributed by atoms with E-state index < -0.39 is 11.9 Å². The van der Waals surface area contributed by atoms with Crippen molar-refractivity contribution in [2.24, 2.45) is 5.92 Å². The molecule has 0 bridgehead atoms. The Morgan fingerprint density at radius 2 is 1.69 bits per heavy atom. The molecule has 4 rings (SSSR count). The number of piperidine rings is 1. The lowest BCUT2D eigenvalue weighted by Gasteiger charge is -2.26. The topological polar surface area (TPSA) is 84.0 Å². The van der Waals surface area contributed by atoms with Gasteiger partial charge in [-0.15, -0.1) is 0 Å². The molecule has 166 valence electrons. The quantitative estimate of drug-likeness (QED) is 0.374. The Morgan fingerprint density at radius 1 is 0.969 bits per heavy atom. The first-order chi connectivity index (χ1) is 15.2. The first-order valence-corrected chi connectivity index (χ1v) is 10.9. The first-order valence-electron chi connectivity index (χ1n) is 10.2. The predicted molar refractivity (Wildman–Crippen MR) is 120 cm³/mol. The van der Waals surface area contributed by atoms with Crippen LogP contribution in [0.15, 0.2) is 36.4 Å². The number of amides is 3. The summed E-state index contributed by atoms with van der Waals surface area (Å²) in [7, 11) is 0. The fraction of sp³-hybridized carbons (Fsp3) is 0.304. The van der Waals surface area contributed by atoms with Gasteiger partial charge in [0.25, 0.3) is 0 Å². The molecule has 2 aromatic rings. The van der Waals surface area contributed by atoms with E-state index in [1.54, 1.807) is 37.3 Å². The van der Waals surface area contributed by atoms with Crippen LogP contribution in [0.2, 0.25) is 10.0 Å². The van der Waals surface area contributed by atoms with Gasteiger partial charge in [0, 0.05) is 30.8 Å². The Balaban J connectivity index is 1.47. The third-order valence-electron chi connectivity index (χ3n) is 5.57. The molecule has 32 heavy (non-hydrogen) atoms. The lowest BCUT2D eigenvalue weighted by molar-refractivity contribution is -0.139. The van der Waals surface area contributed by atoms with Gasteiger partial charge in [-0.3, -0.25) is 24.1 Å². The Bertz CT molecular complexity index is 1120. The molecule has 2 aromatic carbocycles. The highest BCUT2D eigenvalue weighted by molar-refractivity contribution is 6.36. The highest BCUT2D eigenvalue weighted by Gasteiger charge is 2.37. The van der Waals surface area contributed by atoms with E-state index in [4.69, 9.17) is 27.9 Å². The number of imide groups is 1. The smallest absolute Gasteiger partial charge is 0.316 e. The number of hydrogen-bond donors (Lipinski definition) is 0. The molecule has 2 fully saturated rings. The summed E-state index contributed by atoms with van der Waals surface area (Å²) in [6.45, 7) is 1.87.